The summed E-state index contributed by atoms with van der Waals surface area (Å²) in [5.74, 6) is 0.0237. The second kappa shape index (κ2) is 6.52. The third-order valence-corrected chi connectivity index (χ3v) is 3.24. The molecular weight excluding hydrogens is 230 g/mol. The zero-order chi connectivity index (χ0) is 12.8. The Hall–Kier alpha value is -1.39. The molecule has 0 aromatic heterocycles. The molecule has 1 unspecified atom stereocenters. The van der Waals surface area contributed by atoms with Crippen molar-refractivity contribution in [3.05, 3.63) is 35.9 Å². The van der Waals surface area contributed by atoms with E-state index in [1.807, 2.05) is 23.1 Å². The van der Waals surface area contributed by atoms with Crippen LogP contribution in [0.3, 0.4) is 0 Å². The summed E-state index contributed by atoms with van der Waals surface area (Å²) >= 11 is 0. The highest BCUT2D eigenvalue weighted by atomic mass is 16.5. The summed E-state index contributed by atoms with van der Waals surface area (Å²) in [6, 6.07) is 10.1. The first kappa shape index (κ1) is 13.1. The molecule has 1 atom stereocenters. The first-order valence-electron chi connectivity index (χ1n) is 6.33. The molecule has 1 N–H and O–H groups in total. The van der Waals surface area contributed by atoms with Crippen molar-refractivity contribution in [2.24, 2.45) is 0 Å². The van der Waals surface area contributed by atoms with Crippen molar-refractivity contribution in [2.45, 2.75) is 18.9 Å². The van der Waals surface area contributed by atoms with Crippen molar-refractivity contribution in [3.63, 3.8) is 0 Å². The smallest absolute Gasteiger partial charge is 0.248 e. The highest BCUT2D eigenvalue weighted by Crippen LogP contribution is 2.12. The number of carbonyl (C=O) groups is 1. The van der Waals surface area contributed by atoms with Crippen LogP contribution >= 0.6 is 0 Å². The monoisotopic (exact) mass is 249 g/mol. The van der Waals surface area contributed by atoms with Crippen LogP contribution in [0.5, 0.6) is 0 Å². The summed E-state index contributed by atoms with van der Waals surface area (Å²) in [6.45, 7) is 1.47. The Kier molecular flexibility index (Phi) is 4.73. The Bertz CT molecular complexity index is 378. The summed E-state index contributed by atoms with van der Waals surface area (Å²) in [5.41, 5.74) is 1.22. The summed E-state index contributed by atoms with van der Waals surface area (Å²) in [6.07, 6.45) is 1.43. The van der Waals surface area contributed by atoms with Gasteiger partial charge in [-0.05, 0) is 18.4 Å². The number of hydrogen-bond donors (Lipinski definition) is 1. The number of rotatable bonds is 5. The highest BCUT2D eigenvalue weighted by Gasteiger charge is 2.27. The van der Waals surface area contributed by atoms with Crippen LogP contribution in [0.15, 0.2) is 30.3 Å². The summed E-state index contributed by atoms with van der Waals surface area (Å²) in [7, 11) is 0. The van der Waals surface area contributed by atoms with Crippen LogP contribution in [0.1, 0.15) is 12.0 Å². The van der Waals surface area contributed by atoms with E-state index in [2.05, 4.69) is 12.1 Å². The van der Waals surface area contributed by atoms with Gasteiger partial charge >= 0.3 is 0 Å². The van der Waals surface area contributed by atoms with Crippen LogP contribution in [0.2, 0.25) is 0 Å². The number of nitrogens with zero attached hydrogens (tertiary/aromatic N) is 1. The minimum atomic E-state index is 0.0139. The molecule has 1 saturated heterocycles. The van der Waals surface area contributed by atoms with Crippen molar-refractivity contribution in [1.29, 1.82) is 0 Å². The standard InChI is InChI=1S/C14H19NO3/c16-9-7-13-10-18-11-14(17)15(13)8-6-12-4-2-1-3-5-12/h1-5,13,16H,6-11H2. The normalized spacial score (nSPS) is 20.2. The molecular formula is C14H19NO3. The van der Waals surface area contributed by atoms with E-state index in [1.165, 1.54) is 5.56 Å². The topological polar surface area (TPSA) is 49.8 Å². The Balaban J connectivity index is 1.94. The van der Waals surface area contributed by atoms with Gasteiger partial charge in [0.05, 0.1) is 12.6 Å². The molecule has 0 spiro atoms. The fraction of sp³-hybridized carbons (Fsp3) is 0.500. The predicted molar refractivity (Wildman–Crippen MR) is 68.2 cm³/mol. The third kappa shape index (κ3) is 3.31. The molecule has 0 bridgehead atoms. The lowest BCUT2D eigenvalue weighted by Crippen LogP contribution is -2.50. The van der Waals surface area contributed by atoms with Gasteiger partial charge in [-0.2, -0.15) is 0 Å². The van der Waals surface area contributed by atoms with Crippen molar-refractivity contribution < 1.29 is 14.6 Å². The Morgan fingerprint density at radius 3 is 2.83 bits per heavy atom. The van der Waals surface area contributed by atoms with Crippen LogP contribution in [0, 0.1) is 0 Å². The molecule has 0 aliphatic carbocycles. The average molecular weight is 249 g/mol. The van der Waals surface area contributed by atoms with Crippen LogP contribution in [-0.4, -0.2) is 48.3 Å². The van der Waals surface area contributed by atoms with E-state index >= 15 is 0 Å². The number of ether oxygens (including phenoxy) is 1. The van der Waals surface area contributed by atoms with E-state index in [0.717, 1.165) is 6.42 Å². The molecule has 4 nitrogen and oxygen atoms in total. The highest BCUT2D eigenvalue weighted by molar-refractivity contribution is 5.78. The Labute approximate surface area is 107 Å². The third-order valence-electron chi connectivity index (χ3n) is 3.24. The number of carbonyl (C=O) groups excluding carboxylic acids is 1. The second-order valence-electron chi connectivity index (χ2n) is 4.50. The van der Waals surface area contributed by atoms with Crippen molar-refractivity contribution >= 4 is 5.91 Å². The second-order valence-corrected chi connectivity index (χ2v) is 4.50. The van der Waals surface area contributed by atoms with Gasteiger partial charge in [-0.25, -0.2) is 0 Å². The van der Waals surface area contributed by atoms with Gasteiger partial charge in [-0.3, -0.25) is 4.79 Å². The molecule has 1 aromatic rings. The Morgan fingerprint density at radius 2 is 2.11 bits per heavy atom. The zero-order valence-corrected chi connectivity index (χ0v) is 10.4. The maximum atomic E-state index is 11.8. The van der Waals surface area contributed by atoms with Crippen molar-refractivity contribution in [1.82, 2.24) is 4.90 Å². The van der Waals surface area contributed by atoms with Gasteiger partial charge in [0.2, 0.25) is 5.91 Å². The number of hydrogen-bond acceptors (Lipinski definition) is 3. The van der Waals surface area contributed by atoms with Gasteiger partial charge < -0.3 is 14.7 Å². The molecule has 1 fully saturated rings. The van der Waals surface area contributed by atoms with E-state index in [9.17, 15) is 4.79 Å². The summed E-state index contributed by atoms with van der Waals surface area (Å²) < 4.78 is 5.23. The lowest BCUT2D eigenvalue weighted by Gasteiger charge is -2.35. The molecule has 2 rings (SSSR count). The SMILES string of the molecule is O=C1COCC(CCO)N1CCc1ccccc1. The molecule has 18 heavy (non-hydrogen) atoms. The fourth-order valence-electron chi connectivity index (χ4n) is 2.25. The molecule has 1 aliphatic heterocycles. The van der Waals surface area contributed by atoms with Crippen LogP contribution < -0.4 is 0 Å². The largest absolute Gasteiger partial charge is 0.396 e. The van der Waals surface area contributed by atoms with E-state index in [1.54, 1.807) is 0 Å². The predicted octanol–water partition coefficient (Wildman–Crippen LogP) is 0.839. The molecule has 98 valence electrons. The van der Waals surface area contributed by atoms with Crippen LogP contribution in [0.25, 0.3) is 0 Å². The van der Waals surface area contributed by atoms with Gasteiger partial charge in [-0.1, -0.05) is 30.3 Å². The molecule has 1 aliphatic rings. The fourth-order valence-corrected chi connectivity index (χ4v) is 2.25. The molecule has 0 saturated carbocycles. The molecule has 1 amide bonds. The maximum absolute atomic E-state index is 11.8. The number of aliphatic hydroxyl groups excluding tert-OH is 1. The van der Waals surface area contributed by atoms with Gasteiger partial charge in [-0.15, -0.1) is 0 Å². The van der Waals surface area contributed by atoms with Crippen molar-refractivity contribution in [2.75, 3.05) is 26.4 Å². The minimum absolute atomic E-state index is 0.0139. The van der Waals surface area contributed by atoms with Gasteiger partial charge in [0.25, 0.3) is 0 Å². The molecule has 1 heterocycles. The number of amides is 1. The van der Waals surface area contributed by atoms with E-state index < -0.39 is 0 Å². The van der Waals surface area contributed by atoms with E-state index in [4.69, 9.17) is 9.84 Å². The maximum Gasteiger partial charge on any atom is 0.248 e. The summed E-state index contributed by atoms with van der Waals surface area (Å²) in [4.78, 5) is 13.7. The number of benzene rings is 1. The quantitative estimate of drug-likeness (QED) is 0.841. The molecule has 4 heteroatoms. The lowest BCUT2D eigenvalue weighted by atomic mass is 10.1. The first-order chi connectivity index (χ1) is 8.81. The van der Waals surface area contributed by atoms with E-state index in [-0.39, 0.29) is 25.2 Å². The van der Waals surface area contributed by atoms with Crippen LogP contribution in [-0.2, 0) is 16.0 Å². The number of morpholine rings is 1. The number of aliphatic hydroxyl groups is 1. The van der Waals surface area contributed by atoms with Crippen LogP contribution in [0.4, 0.5) is 0 Å². The van der Waals surface area contributed by atoms with Gasteiger partial charge in [0.1, 0.15) is 6.61 Å². The van der Waals surface area contributed by atoms with E-state index in [0.29, 0.717) is 19.6 Å². The van der Waals surface area contributed by atoms with Gasteiger partial charge in [0.15, 0.2) is 0 Å². The average Bonchev–Trinajstić information content (AvgIpc) is 2.40. The van der Waals surface area contributed by atoms with Crippen molar-refractivity contribution in [3.8, 4) is 0 Å². The minimum Gasteiger partial charge on any atom is -0.396 e. The molecule has 1 aromatic carbocycles. The Morgan fingerprint density at radius 1 is 1.33 bits per heavy atom. The summed E-state index contributed by atoms with van der Waals surface area (Å²) in [5, 5.41) is 9.01. The molecule has 0 radical (unpaired) electrons. The lowest BCUT2D eigenvalue weighted by molar-refractivity contribution is -0.148. The van der Waals surface area contributed by atoms with Gasteiger partial charge in [0, 0.05) is 13.2 Å². The zero-order valence-electron chi connectivity index (χ0n) is 10.4. The first-order valence-corrected chi connectivity index (χ1v) is 6.33.